The van der Waals surface area contributed by atoms with Crippen molar-refractivity contribution in [1.82, 2.24) is 10.3 Å². The molecule has 3 rings (SSSR count). The predicted octanol–water partition coefficient (Wildman–Crippen LogP) is 3.87. The van der Waals surface area contributed by atoms with Gasteiger partial charge in [-0.05, 0) is 69.6 Å². The van der Waals surface area contributed by atoms with Crippen molar-refractivity contribution in [2.45, 2.75) is 64.8 Å². The van der Waals surface area contributed by atoms with Gasteiger partial charge in [0.25, 0.3) is 0 Å². The van der Waals surface area contributed by atoms with Crippen molar-refractivity contribution in [3.8, 4) is 0 Å². The fraction of sp³-hybridized carbons (Fsp3) is 0.458. The van der Waals surface area contributed by atoms with Gasteiger partial charge in [-0.2, -0.15) is 0 Å². The van der Waals surface area contributed by atoms with Crippen molar-refractivity contribution in [1.29, 1.82) is 0 Å². The van der Waals surface area contributed by atoms with Crippen molar-refractivity contribution in [2.24, 2.45) is 5.92 Å². The standard InChI is InChI=1S/C24H31N3O2/c1-15-5-4-6-19(13-15)20-7-8-21(14-20)24(29)27-17(3)22(28)11-9-18-10-12-23(25)26-16(18)2/h4-6,10,12-13,17,20-21H,7-9,11,14H2,1-3H3,(H2,25,26)(H,27,29)/t17-,20-,21+/m0/s1. The fourth-order valence-electron chi connectivity index (χ4n) is 4.21. The maximum absolute atomic E-state index is 12.7. The number of carbonyl (C=O) groups is 2. The van der Waals surface area contributed by atoms with Crippen LogP contribution in [0.25, 0.3) is 0 Å². The molecule has 1 saturated carbocycles. The van der Waals surface area contributed by atoms with Crippen molar-refractivity contribution in [3.05, 3.63) is 58.8 Å². The van der Waals surface area contributed by atoms with Gasteiger partial charge in [0.1, 0.15) is 5.82 Å². The molecular formula is C24H31N3O2. The van der Waals surface area contributed by atoms with Crippen LogP contribution in [0.15, 0.2) is 36.4 Å². The average Bonchev–Trinajstić information content (AvgIpc) is 3.17. The largest absolute Gasteiger partial charge is 0.384 e. The van der Waals surface area contributed by atoms with Gasteiger partial charge >= 0.3 is 0 Å². The molecule has 0 bridgehead atoms. The van der Waals surface area contributed by atoms with Crippen LogP contribution in [0.1, 0.15) is 60.9 Å². The van der Waals surface area contributed by atoms with Crippen LogP contribution < -0.4 is 11.1 Å². The van der Waals surface area contributed by atoms with E-state index < -0.39 is 6.04 Å². The topological polar surface area (TPSA) is 85.1 Å². The molecular weight excluding hydrogens is 362 g/mol. The van der Waals surface area contributed by atoms with E-state index in [1.807, 2.05) is 13.0 Å². The highest BCUT2D eigenvalue weighted by molar-refractivity contribution is 5.89. The van der Waals surface area contributed by atoms with Crippen LogP contribution in [0.5, 0.6) is 0 Å². The number of ketones is 1. The number of hydrogen-bond donors (Lipinski definition) is 2. The van der Waals surface area contributed by atoms with Gasteiger partial charge in [0.15, 0.2) is 5.78 Å². The van der Waals surface area contributed by atoms with Gasteiger partial charge < -0.3 is 11.1 Å². The van der Waals surface area contributed by atoms with Crippen LogP contribution in [-0.4, -0.2) is 22.7 Å². The van der Waals surface area contributed by atoms with Gasteiger partial charge in [0.05, 0.1) is 6.04 Å². The van der Waals surface area contributed by atoms with E-state index >= 15 is 0 Å². The second-order valence-electron chi connectivity index (χ2n) is 8.30. The van der Waals surface area contributed by atoms with Gasteiger partial charge in [-0.1, -0.05) is 35.9 Å². The van der Waals surface area contributed by atoms with Gasteiger partial charge in [-0.15, -0.1) is 0 Å². The van der Waals surface area contributed by atoms with E-state index in [1.165, 1.54) is 11.1 Å². The molecule has 0 aliphatic heterocycles. The molecule has 3 N–H and O–H groups in total. The number of aromatic nitrogens is 1. The van der Waals surface area contributed by atoms with E-state index in [2.05, 4.69) is 41.5 Å². The Bertz CT molecular complexity index is 893. The van der Waals surface area contributed by atoms with E-state index in [9.17, 15) is 9.59 Å². The molecule has 0 radical (unpaired) electrons. The zero-order valence-electron chi connectivity index (χ0n) is 17.6. The van der Waals surface area contributed by atoms with Gasteiger partial charge in [0, 0.05) is 18.0 Å². The summed E-state index contributed by atoms with van der Waals surface area (Å²) in [5.41, 5.74) is 10.1. The number of carbonyl (C=O) groups excluding carboxylic acids is 2. The number of nitrogens with two attached hydrogens (primary N) is 1. The highest BCUT2D eigenvalue weighted by atomic mass is 16.2. The summed E-state index contributed by atoms with van der Waals surface area (Å²) in [7, 11) is 0. The Balaban J connectivity index is 1.49. The minimum Gasteiger partial charge on any atom is -0.384 e. The first-order valence-corrected chi connectivity index (χ1v) is 10.4. The third kappa shape index (κ3) is 5.43. The van der Waals surface area contributed by atoms with E-state index in [0.29, 0.717) is 24.6 Å². The predicted molar refractivity (Wildman–Crippen MR) is 116 cm³/mol. The molecule has 29 heavy (non-hydrogen) atoms. The Hall–Kier alpha value is -2.69. The second kappa shape index (κ2) is 9.21. The molecule has 0 unspecified atom stereocenters. The van der Waals surface area contributed by atoms with E-state index in [0.717, 1.165) is 30.5 Å². The fourth-order valence-corrected chi connectivity index (χ4v) is 4.21. The number of hydrogen-bond acceptors (Lipinski definition) is 4. The number of amides is 1. The van der Waals surface area contributed by atoms with E-state index in [4.69, 9.17) is 5.73 Å². The molecule has 1 heterocycles. The number of pyridine rings is 1. The SMILES string of the molecule is Cc1cccc([C@H]2CC[C@@H](C(=O)N[C@@H](C)C(=O)CCc3ccc(N)nc3C)C2)c1. The molecule has 2 aromatic rings. The van der Waals surface area contributed by atoms with Crippen LogP contribution in [0, 0.1) is 19.8 Å². The first-order chi connectivity index (χ1) is 13.8. The molecule has 1 aromatic carbocycles. The van der Waals surface area contributed by atoms with Crippen LogP contribution in [-0.2, 0) is 16.0 Å². The molecule has 3 atom stereocenters. The van der Waals surface area contributed by atoms with E-state index in [-0.39, 0.29) is 17.6 Å². The highest BCUT2D eigenvalue weighted by Gasteiger charge is 2.32. The molecule has 1 fully saturated rings. The van der Waals surface area contributed by atoms with Crippen molar-refractivity contribution in [3.63, 3.8) is 0 Å². The second-order valence-corrected chi connectivity index (χ2v) is 8.30. The Morgan fingerprint density at radius 2 is 2.00 bits per heavy atom. The van der Waals surface area contributed by atoms with Crippen molar-refractivity contribution < 1.29 is 9.59 Å². The molecule has 5 nitrogen and oxygen atoms in total. The number of rotatable bonds is 7. The van der Waals surface area contributed by atoms with Crippen molar-refractivity contribution >= 4 is 17.5 Å². The van der Waals surface area contributed by atoms with Gasteiger partial charge in [-0.3, -0.25) is 9.59 Å². The third-order valence-corrected chi connectivity index (χ3v) is 6.02. The number of nitrogens with one attached hydrogen (secondary N) is 1. The van der Waals surface area contributed by atoms with Crippen LogP contribution >= 0.6 is 0 Å². The average molecular weight is 394 g/mol. The summed E-state index contributed by atoms with van der Waals surface area (Å²) in [6.45, 7) is 5.77. The molecule has 1 aromatic heterocycles. The van der Waals surface area contributed by atoms with Crippen LogP contribution in [0.2, 0.25) is 0 Å². The number of benzene rings is 1. The zero-order chi connectivity index (χ0) is 21.0. The third-order valence-electron chi connectivity index (χ3n) is 6.02. The molecule has 154 valence electrons. The summed E-state index contributed by atoms with van der Waals surface area (Å²) in [6.07, 6.45) is 3.74. The number of anilines is 1. The summed E-state index contributed by atoms with van der Waals surface area (Å²) in [5, 5.41) is 2.94. The van der Waals surface area contributed by atoms with Gasteiger partial charge in [-0.25, -0.2) is 4.98 Å². The maximum Gasteiger partial charge on any atom is 0.223 e. The van der Waals surface area contributed by atoms with Crippen LogP contribution in [0.3, 0.4) is 0 Å². The Kier molecular flexibility index (Phi) is 6.68. The number of nitrogen functional groups attached to an aromatic ring is 1. The lowest BCUT2D eigenvalue weighted by Gasteiger charge is -2.17. The summed E-state index contributed by atoms with van der Waals surface area (Å²) in [5.74, 6) is 0.949. The number of nitrogens with zero attached hydrogens (tertiary/aromatic N) is 1. The van der Waals surface area contributed by atoms with Gasteiger partial charge in [0.2, 0.25) is 5.91 Å². The zero-order valence-corrected chi connectivity index (χ0v) is 17.6. The smallest absolute Gasteiger partial charge is 0.223 e. The molecule has 1 aliphatic carbocycles. The first kappa shape index (κ1) is 21.0. The molecule has 0 saturated heterocycles. The lowest BCUT2D eigenvalue weighted by atomic mass is 9.95. The highest BCUT2D eigenvalue weighted by Crippen LogP contribution is 2.38. The maximum atomic E-state index is 12.7. The molecule has 0 spiro atoms. The number of aryl methyl sites for hydroxylation is 3. The Labute approximate surface area is 173 Å². The van der Waals surface area contributed by atoms with Crippen LogP contribution in [0.4, 0.5) is 5.82 Å². The lowest BCUT2D eigenvalue weighted by Crippen LogP contribution is -2.41. The first-order valence-electron chi connectivity index (χ1n) is 10.4. The van der Waals surface area contributed by atoms with E-state index in [1.54, 1.807) is 13.0 Å². The monoisotopic (exact) mass is 393 g/mol. The lowest BCUT2D eigenvalue weighted by molar-refractivity contribution is -0.129. The van der Waals surface area contributed by atoms with Crippen molar-refractivity contribution in [2.75, 3.05) is 5.73 Å². The molecule has 1 aliphatic rings. The Morgan fingerprint density at radius 1 is 1.21 bits per heavy atom. The molecule has 1 amide bonds. The summed E-state index contributed by atoms with van der Waals surface area (Å²) in [6, 6.07) is 11.7. The minimum absolute atomic E-state index is 0.00587. The molecule has 5 heteroatoms. The Morgan fingerprint density at radius 3 is 2.72 bits per heavy atom. The summed E-state index contributed by atoms with van der Waals surface area (Å²) >= 11 is 0. The summed E-state index contributed by atoms with van der Waals surface area (Å²) in [4.78, 5) is 29.4. The number of Topliss-reactive ketones (excluding diaryl/α,β-unsaturated/α-hetero) is 1. The quantitative estimate of drug-likeness (QED) is 0.748. The minimum atomic E-state index is -0.470. The summed E-state index contributed by atoms with van der Waals surface area (Å²) < 4.78 is 0. The normalized spacial score (nSPS) is 19.7.